The van der Waals surface area contributed by atoms with E-state index in [1.807, 2.05) is 6.92 Å². The van der Waals surface area contributed by atoms with Gasteiger partial charge in [-0.25, -0.2) is 8.42 Å². The van der Waals surface area contributed by atoms with Crippen LogP contribution in [0.15, 0.2) is 29.2 Å². The second-order valence-electron chi connectivity index (χ2n) is 3.63. The predicted octanol–water partition coefficient (Wildman–Crippen LogP) is 0.638. The van der Waals surface area contributed by atoms with E-state index in [0.717, 1.165) is 6.26 Å². The highest BCUT2D eigenvalue weighted by Gasteiger charge is 2.08. The van der Waals surface area contributed by atoms with Crippen molar-refractivity contribution in [2.24, 2.45) is 0 Å². The lowest BCUT2D eigenvalue weighted by Crippen LogP contribution is -2.27. The van der Waals surface area contributed by atoms with Gasteiger partial charge in [0.1, 0.15) is 0 Å². The summed E-state index contributed by atoms with van der Waals surface area (Å²) in [7, 11) is -3.24. The van der Waals surface area contributed by atoms with Crippen molar-refractivity contribution in [3.05, 3.63) is 24.3 Å². The molecule has 0 aliphatic heterocycles. The van der Waals surface area contributed by atoms with Crippen molar-refractivity contribution in [3.63, 3.8) is 0 Å². The number of benzene rings is 1. The smallest absolute Gasteiger partial charge is 0.238 e. The normalized spacial score (nSPS) is 11.2. The fourth-order valence-corrected chi connectivity index (χ4v) is 1.92. The van der Waals surface area contributed by atoms with Crippen molar-refractivity contribution in [2.75, 3.05) is 24.7 Å². The zero-order valence-electron chi connectivity index (χ0n) is 9.86. The maximum absolute atomic E-state index is 11.4. The minimum Gasteiger partial charge on any atom is -0.325 e. The molecule has 1 aromatic rings. The van der Waals surface area contributed by atoms with Gasteiger partial charge in [-0.05, 0) is 24.7 Å². The van der Waals surface area contributed by atoms with Crippen LogP contribution in [-0.4, -0.2) is 33.7 Å². The Morgan fingerprint density at radius 1 is 1.35 bits per heavy atom. The van der Waals surface area contributed by atoms with Gasteiger partial charge in [0.2, 0.25) is 5.91 Å². The van der Waals surface area contributed by atoms with Crippen molar-refractivity contribution in [3.8, 4) is 0 Å². The van der Waals surface area contributed by atoms with E-state index in [1.165, 1.54) is 12.1 Å². The van der Waals surface area contributed by atoms with E-state index >= 15 is 0 Å². The summed E-state index contributed by atoms with van der Waals surface area (Å²) in [6, 6.07) is 6.19. The quantitative estimate of drug-likeness (QED) is 0.810. The minimum atomic E-state index is -3.24. The summed E-state index contributed by atoms with van der Waals surface area (Å²) < 4.78 is 22.6. The molecule has 0 bridgehead atoms. The van der Waals surface area contributed by atoms with Crippen LogP contribution in [0.1, 0.15) is 6.92 Å². The molecule has 0 saturated heterocycles. The fraction of sp³-hybridized carbons (Fsp3) is 0.364. The van der Waals surface area contributed by atoms with Gasteiger partial charge < -0.3 is 10.6 Å². The van der Waals surface area contributed by atoms with E-state index in [1.54, 1.807) is 12.1 Å². The number of nitrogens with one attached hydrogen (secondary N) is 2. The van der Waals surface area contributed by atoms with Crippen LogP contribution in [0, 0.1) is 0 Å². The molecule has 1 rings (SSSR count). The van der Waals surface area contributed by atoms with E-state index in [-0.39, 0.29) is 17.3 Å². The molecule has 5 nitrogen and oxygen atoms in total. The van der Waals surface area contributed by atoms with Crippen molar-refractivity contribution in [1.29, 1.82) is 0 Å². The van der Waals surface area contributed by atoms with Gasteiger partial charge in [0.15, 0.2) is 9.84 Å². The van der Waals surface area contributed by atoms with Gasteiger partial charge in [-0.1, -0.05) is 13.0 Å². The summed E-state index contributed by atoms with van der Waals surface area (Å²) in [5, 5.41) is 5.51. The average molecular weight is 256 g/mol. The molecule has 0 fully saturated rings. The van der Waals surface area contributed by atoms with Crippen LogP contribution in [0.4, 0.5) is 5.69 Å². The van der Waals surface area contributed by atoms with Gasteiger partial charge in [-0.2, -0.15) is 0 Å². The van der Waals surface area contributed by atoms with Gasteiger partial charge in [0.25, 0.3) is 0 Å². The molecule has 17 heavy (non-hydrogen) atoms. The van der Waals surface area contributed by atoms with Crippen LogP contribution in [-0.2, 0) is 14.6 Å². The van der Waals surface area contributed by atoms with Gasteiger partial charge in [0.05, 0.1) is 11.4 Å². The van der Waals surface area contributed by atoms with E-state index in [9.17, 15) is 13.2 Å². The number of amides is 1. The molecule has 0 atom stereocenters. The molecule has 0 radical (unpaired) electrons. The first-order valence-corrected chi connectivity index (χ1v) is 7.13. The standard InChI is InChI=1S/C11H16N2O3S/c1-3-12-8-11(14)13-9-5-4-6-10(7-9)17(2,15)16/h4-7,12H,3,8H2,1-2H3,(H,13,14). The number of hydrogen-bond acceptors (Lipinski definition) is 4. The summed E-state index contributed by atoms with van der Waals surface area (Å²) in [6.07, 6.45) is 1.13. The maximum atomic E-state index is 11.4. The SMILES string of the molecule is CCNCC(=O)Nc1cccc(S(C)(=O)=O)c1. The third kappa shape index (κ3) is 4.54. The fourth-order valence-electron chi connectivity index (χ4n) is 1.25. The van der Waals surface area contributed by atoms with Gasteiger partial charge in [0, 0.05) is 11.9 Å². The summed E-state index contributed by atoms with van der Waals surface area (Å²) in [6.45, 7) is 2.81. The highest BCUT2D eigenvalue weighted by atomic mass is 32.2. The zero-order chi connectivity index (χ0) is 12.9. The first-order chi connectivity index (χ1) is 7.93. The molecule has 1 aromatic carbocycles. The van der Waals surface area contributed by atoms with Gasteiger partial charge in [-0.15, -0.1) is 0 Å². The Labute approximate surface area is 101 Å². The predicted molar refractivity (Wildman–Crippen MR) is 66.7 cm³/mol. The molecule has 0 aromatic heterocycles. The first kappa shape index (κ1) is 13.7. The third-order valence-corrected chi connectivity index (χ3v) is 3.19. The van der Waals surface area contributed by atoms with Crippen LogP contribution in [0.5, 0.6) is 0 Å². The van der Waals surface area contributed by atoms with E-state index in [0.29, 0.717) is 12.2 Å². The first-order valence-electron chi connectivity index (χ1n) is 5.24. The topological polar surface area (TPSA) is 75.3 Å². The van der Waals surface area contributed by atoms with Crippen LogP contribution >= 0.6 is 0 Å². The largest absolute Gasteiger partial charge is 0.325 e. The van der Waals surface area contributed by atoms with Crippen LogP contribution in [0.2, 0.25) is 0 Å². The highest BCUT2D eigenvalue weighted by molar-refractivity contribution is 7.90. The Bertz CT molecular complexity index is 497. The third-order valence-electron chi connectivity index (χ3n) is 2.08. The molecule has 1 amide bonds. The molecule has 0 aliphatic rings. The molecule has 2 N–H and O–H groups in total. The van der Waals surface area contributed by atoms with Crippen LogP contribution in [0.25, 0.3) is 0 Å². The van der Waals surface area contributed by atoms with Gasteiger partial charge >= 0.3 is 0 Å². The van der Waals surface area contributed by atoms with E-state index < -0.39 is 9.84 Å². The van der Waals surface area contributed by atoms with E-state index in [4.69, 9.17) is 0 Å². The highest BCUT2D eigenvalue weighted by Crippen LogP contribution is 2.14. The molecule has 0 heterocycles. The number of carbonyl (C=O) groups excluding carboxylic acids is 1. The number of hydrogen-bond donors (Lipinski definition) is 2. The number of sulfone groups is 1. The Morgan fingerprint density at radius 3 is 2.65 bits per heavy atom. The summed E-state index contributed by atoms with van der Waals surface area (Å²) in [4.78, 5) is 11.6. The van der Waals surface area contributed by atoms with E-state index in [2.05, 4.69) is 10.6 Å². The number of anilines is 1. The lowest BCUT2D eigenvalue weighted by Gasteiger charge is -2.06. The van der Waals surface area contributed by atoms with Crippen molar-refractivity contribution in [2.45, 2.75) is 11.8 Å². The molecule has 6 heteroatoms. The Morgan fingerprint density at radius 2 is 2.06 bits per heavy atom. The monoisotopic (exact) mass is 256 g/mol. The molecule has 0 unspecified atom stereocenters. The second kappa shape index (κ2) is 5.79. The molecular formula is C11H16N2O3S. The Hall–Kier alpha value is -1.40. The summed E-state index contributed by atoms with van der Waals surface area (Å²) in [5.41, 5.74) is 0.482. The van der Waals surface area contributed by atoms with Crippen LogP contribution < -0.4 is 10.6 Å². The second-order valence-corrected chi connectivity index (χ2v) is 5.64. The Balaban J connectivity index is 2.76. The summed E-state index contributed by atoms with van der Waals surface area (Å²) in [5.74, 6) is -0.197. The van der Waals surface area contributed by atoms with Crippen molar-refractivity contribution in [1.82, 2.24) is 5.32 Å². The molecule has 94 valence electrons. The number of likely N-dealkylation sites (N-methyl/N-ethyl adjacent to an activating group) is 1. The average Bonchev–Trinajstić information content (AvgIpc) is 2.25. The lowest BCUT2D eigenvalue weighted by atomic mass is 10.3. The molecule has 0 spiro atoms. The molecule has 0 saturated carbocycles. The van der Waals surface area contributed by atoms with Crippen molar-refractivity contribution < 1.29 is 13.2 Å². The molecule has 0 aliphatic carbocycles. The number of carbonyl (C=O) groups is 1. The van der Waals surface area contributed by atoms with Crippen LogP contribution in [0.3, 0.4) is 0 Å². The van der Waals surface area contributed by atoms with Crippen molar-refractivity contribution >= 4 is 21.4 Å². The zero-order valence-corrected chi connectivity index (χ0v) is 10.7. The molecular weight excluding hydrogens is 240 g/mol. The Kier molecular flexibility index (Phi) is 4.65. The lowest BCUT2D eigenvalue weighted by molar-refractivity contribution is -0.115. The van der Waals surface area contributed by atoms with Gasteiger partial charge in [-0.3, -0.25) is 4.79 Å². The maximum Gasteiger partial charge on any atom is 0.238 e. The number of rotatable bonds is 5. The minimum absolute atomic E-state index is 0.193. The summed E-state index contributed by atoms with van der Waals surface area (Å²) >= 11 is 0.